The molecular weight excluding hydrogens is 504 g/mol. The number of nitrogens with zero attached hydrogens (tertiary/aromatic N) is 4. The van der Waals surface area contributed by atoms with Crippen molar-refractivity contribution in [3.05, 3.63) is 46.2 Å². The van der Waals surface area contributed by atoms with E-state index in [9.17, 15) is 5.11 Å². The van der Waals surface area contributed by atoms with Gasteiger partial charge in [-0.15, -0.1) is 0 Å². The summed E-state index contributed by atoms with van der Waals surface area (Å²) in [5, 5.41) is 11.4. The third-order valence-corrected chi connectivity index (χ3v) is 7.79. The van der Waals surface area contributed by atoms with Crippen LogP contribution in [0.15, 0.2) is 34.9 Å². The molecule has 0 aliphatic carbocycles. The number of aliphatic hydroxyl groups is 1. The van der Waals surface area contributed by atoms with Gasteiger partial charge in [-0.05, 0) is 62.6 Å². The summed E-state index contributed by atoms with van der Waals surface area (Å²) in [4.78, 5) is 9.79. The number of ether oxygens (including phenoxy) is 1. The lowest BCUT2D eigenvalue weighted by Gasteiger charge is -2.34. The molecule has 190 valence electrons. The molecule has 35 heavy (non-hydrogen) atoms. The van der Waals surface area contributed by atoms with Crippen molar-refractivity contribution in [1.82, 2.24) is 14.5 Å². The van der Waals surface area contributed by atoms with Gasteiger partial charge in [0, 0.05) is 67.4 Å². The summed E-state index contributed by atoms with van der Waals surface area (Å²) in [5.41, 5.74) is 6.61. The van der Waals surface area contributed by atoms with Crippen LogP contribution < -0.4 is 4.90 Å². The van der Waals surface area contributed by atoms with Crippen LogP contribution >= 0.6 is 15.9 Å². The first-order valence-electron chi connectivity index (χ1n) is 12.6. The Hall–Kier alpha value is -1.93. The quantitative estimate of drug-likeness (QED) is 0.407. The number of fused-ring (bicyclic) bond motifs is 1. The fourth-order valence-corrected chi connectivity index (χ4v) is 5.43. The van der Waals surface area contributed by atoms with Gasteiger partial charge in [0.15, 0.2) is 0 Å². The molecule has 1 aromatic carbocycles. The molecule has 1 N–H and O–H groups in total. The number of pyridine rings is 1. The summed E-state index contributed by atoms with van der Waals surface area (Å²) in [5.74, 6) is 0. The first kappa shape index (κ1) is 26.1. The molecule has 1 aliphatic rings. The van der Waals surface area contributed by atoms with Gasteiger partial charge in [0.1, 0.15) is 0 Å². The van der Waals surface area contributed by atoms with Crippen LogP contribution in [0.5, 0.6) is 0 Å². The number of benzene rings is 1. The number of aryl methyl sites for hydroxylation is 1. The van der Waals surface area contributed by atoms with E-state index in [4.69, 9.17) is 9.72 Å². The minimum absolute atomic E-state index is 0.125. The fraction of sp³-hybridized carbons (Fsp3) is 0.536. The Balaban J connectivity index is 1.99. The lowest BCUT2D eigenvalue weighted by Crippen LogP contribution is -2.44. The summed E-state index contributed by atoms with van der Waals surface area (Å²) in [6, 6.07) is 8.83. The third-order valence-electron chi connectivity index (χ3n) is 7.30. The smallest absolute Gasteiger partial charge is 0.0969 e. The predicted octanol–water partition coefficient (Wildman–Crippen LogP) is 5.51. The number of aliphatic hydroxyl groups excluding tert-OH is 1. The molecule has 4 rings (SSSR count). The monoisotopic (exact) mass is 542 g/mol. The number of hydrogen-bond donors (Lipinski definition) is 1. The summed E-state index contributed by atoms with van der Waals surface area (Å²) in [6.45, 7) is 13.6. The van der Waals surface area contributed by atoms with E-state index in [1.807, 2.05) is 6.20 Å². The highest BCUT2D eigenvalue weighted by Gasteiger charge is 2.28. The minimum atomic E-state index is -0.251. The fourth-order valence-electron chi connectivity index (χ4n) is 5.07. The van der Waals surface area contributed by atoms with Crippen molar-refractivity contribution in [3.63, 3.8) is 0 Å². The predicted molar refractivity (Wildman–Crippen MR) is 148 cm³/mol. The minimum Gasteiger partial charge on any atom is -0.396 e. The Labute approximate surface area is 218 Å². The van der Waals surface area contributed by atoms with Crippen LogP contribution in [0.4, 0.5) is 5.69 Å². The molecule has 1 atom stereocenters. The number of hydrogen-bond acceptors (Lipinski definition) is 5. The number of halogens is 1. The molecule has 0 radical (unpaired) electrons. The number of aromatic nitrogens is 2. The topological polar surface area (TPSA) is 53.8 Å². The van der Waals surface area contributed by atoms with Crippen molar-refractivity contribution < 1.29 is 9.84 Å². The van der Waals surface area contributed by atoms with E-state index in [0.717, 1.165) is 60.6 Å². The lowest BCUT2D eigenvalue weighted by atomic mass is 9.84. The molecule has 3 aromatic rings. The van der Waals surface area contributed by atoms with Crippen LogP contribution in [0.2, 0.25) is 0 Å². The highest BCUT2D eigenvalue weighted by molar-refractivity contribution is 9.10. The standard InChI is InChI=1S/C28H39BrN4O2/c1-7-33-25-9-8-20(29)14-22(25)24(16-28(3,4)18-34)27(33)23-15-21(17-30-26(23)19(2)35-6)32-12-10-31(5)11-13-32/h8-9,14-15,17,19,34H,7,10-13,16,18H2,1-6H3. The van der Waals surface area contributed by atoms with E-state index in [-0.39, 0.29) is 18.1 Å². The summed E-state index contributed by atoms with van der Waals surface area (Å²) in [6.07, 6.45) is 2.63. The van der Waals surface area contributed by atoms with E-state index in [0.29, 0.717) is 0 Å². The molecule has 6 nitrogen and oxygen atoms in total. The highest BCUT2D eigenvalue weighted by Crippen LogP contribution is 2.42. The van der Waals surface area contributed by atoms with Gasteiger partial charge < -0.3 is 24.2 Å². The number of likely N-dealkylation sites (N-methyl/N-ethyl adjacent to an activating group) is 1. The summed E-state index contributed by atoms with van der Waals surface area (Å²) in [7, 11) is 3.92. The summed E-state index contributed by atoms with van der Waals surface area (Å²) < 4.78 is 9.25. The zero-order valence-corrected chi connectivity index (χ0v) is 23.5. The third kappa shape index (κ3) is 5.29. The van der Waals surface area contributed by atoms with Gasteiger partial charge in [-0.2, -0.15) is 0 Å². The SMILES string of the molecule is CCn1c(-c2cc(N3CCN(C)CC3)cnc2C(C)OC)c(CC(C)(C)CO)c2cc(Br)ccc21. The molecule has 1 aliphatic heterocycles. The van der Waals surface area contributed by atoms with Crippen LogP contribution in [0, 0.1) is 5.41 Å². The van der Waals surface area contributed by atoms with Crippen LogP contribution in [-0.4, -0.2) is 66.5 Å². The molecule has 1 saturated heterocycles. The second-order valence-electron chi connectivity index (χ2n) is 10.5. The summed E-state index contributed by atoms with van der Waals surface area (Å²) >= 11 is 3.69. The molecule has 2 aromatic heterocycles. The Morgan fingerprint density at radius 2 is 1.89 bits per heavy atom. The molecule has 1 unspecified atom stereocenters. The van der Waals surface area contributed by atoms with Crippen molar-refractivity contribution >= 4 is 32.5 Å². The van der Waals surface area contributed by atoms with E-state index in [2.05, 4.69) is 89.3 Å². The zero-order chi connectivity index (χ0) is 25.3. The van der Waals surface area contributed by atoms with Crippen LogP contribution in [0.1, 0.15) is 45.1 Å². The normalized spacial score (nSPS) is 16.3. The van der Waals surface area contributed by atoms with E-state index in [1.54, 1.807) is 7.11 Å². The Bertz CT molecular complexity index is 1180. The van der Waals surface area contributed by atoms with E-state index >= 15 is 0 Å². The maximum absolute atomic E-state index is 10.2. The molecule has 0 saturated carbocycles. The maximum atomic E-state index is 10.2. The molecular formula is C28H39BrN4O2. The zero-order valence-electron chi connectivity index (χ0n) is 21.9. The Morgan fingerprint density at radius 3 is 2.51 bits per heavy atom. The largest absolute Gasteiger partial charge is 0.396 e. The van der Waals surface area contributed by atoms with Gasteiger partial charge in [0.2, 0.25) is 0 Å². The van der Waals surface area contributed by atoms with Gasteiger partial charge in [-0.1, -0.05) is 29.8 Å². The number of anilines is 1. The molecule has 0 bridgehead atoms. The number of rotatable bonds is 8. The van der Waals surface area contributed by atoms with Gasteiger partial charge in [-0.3, -0.25) is 4.98 Å². The Kier molecular flexibility index (Phi) is 7.91. The first-order chi connectivity index (χ1) is 16.7. The molecule has 3 heterocycles. The number of methoxy groups -OCH3 is 1. The maximum Gasteiger partial charge on any atom is 0.0969 e. The van der Waals surface area contributed by atoms with E-state index < -0.39 is 0 Å². The first-order valence-corrected chi connectivity index (χ1v) is 13.4. The Morgan fingerprint density at radius 1 is 1.17 bits per heavy atom. The van der Waals surface area contributed by atoms with Gasteiger partial charge >= 0.3 is 0 Å². The molecule has 0 amide bonds. The van der Waals surface area contributed by atoms with Gasteiger partial charge in [0.05, 0.1) is 29.4 Å². The van der Waals surface area contributed by atoms with Crippen molar-refractivity contribution in [2.75, 3.05) is 51.8 Å². The van der Waals surface area contributed by atoms with E-state index in [1.165, 1.54) is 22.2 Å². The van der Waals surface area contributed by atoms with Gasteiger partial charge in [-0.25, -0.2) is 0 Å². The average molecular weight is 544 g/mol. The van der Waals surface area contributed by atoms with Crippen LogP contribution in [0.25, 0.3) is 22.2 Å². The highest BCUT2D eigenvalue weighted by atomic mass is 79.9. The second-order valence-corrected chi connectivity index (χ2v) is 11.4. The molecule has 1 fully saturated rings. The van der Waals surface area contributed by atoms with Gasteiger partial charge in [0.25, 0.3) is 0 Å². The van der Waals surface area contributed by atoms with Crippen LogP contribution in [0.3, 0.4) is 0 Å². The van der Waals surface area contributed by atoms with Crippen molar-refractivity contribution in [3.8, 4) is 11.3 Å². The molecule has 0 spiro atoms. The molecule has 7 heteroatoms. The van der Waals surface area contributed by atoms with Crippen molar-refractivity contribution in [2.45, 2.75) is 46.8 Å². The second kappa shape index (κ2) is 10.6. The van der Waals surface area contributed by atoms with Crippen LogP contribution in [-0.2, 0) is 17.7 Å². The van der Waals surface area contributed by atoms with Crippen molar-refractivity contribution in [2.24, 2.45) is 5.41 Å². The average Bonchev–Trinajstić information content (AvgIpc) is 3.15. The number of piperazine rings is 1. The lowest BCUT2D eigenvalue weighted by molar-refractivity contribution is 0.116. The van der Waals surface area contributed by atoms with Crippen molar-refractivity contribution in [1.29, 1.82) is 0 Å².